The van der Waals surface area contributed by atoms with Crippen LogP contribution in [0.3, 0.4) is 0 Å². The van der Waals surface area contributed by atoms with Crippen molar-refractivity contribution in [3.63, 3.8) is 0 Å². The van der Waals surface area contributed by atoms with Crippen LogP contribution in [-0.2, 0) is 10.3 Å². The van der Waals surface area contributed by atoms with E-state index in [4.69, 9.17) is 5.73 Å². The zero-order valence-electron chi connectivity index (χ0n) is 11.4. The molecule has 4 nitrogen and oxygen atoms in total. The highest BCUT2D eigenvalue weighted by Gasteiger charge is 2.49. The third-order valence-corrected chi connectivity index (χ3v) is 3.71. The molecule has 21 heavy (non-hydrogen) atoms. The van der Waals surface area contributed by atoms with Crippen LogP contribution in [0.25, 0.3) is 0 Å². The molecule has 1 saturated carbocycles. The molecule has 0 aromatic heterocycles. The largest absolute Gasteiger partial charge is 0.573 e. The molecule has 0 spiro atoms. The summed E-state index contributed by atoms with van der Waals surface area (Å²) in [5, 5.41) is 10.1. The predicted octanol–water partition coefficient (Wildman–Crippen LogP) is 2.24. The van der Waals surface area contributed by atoms with E-state index in [9.17, 15) is 23.1 Å². The van der Waals surface area contributed by atoms with E-state index in [0.29, 0.717) is 6.42 Å². The highest BCUT2D eigenvalue weighted by Crippen LogP contribution is 2.38. The maximum absolute atomic E-state index is 12.3. The van der Waals surface area contributed by atoms with Crippen molar-refractivity contribution in [3.8, 4) is 5.75 Å². The number of rotatable bonds is 2. The quantitative estimate of drug-likeness (QED) is 0.879. The van der Waals surface area contributed by atoms with Gasteiger partial charge >= 0.3 is 6.36 Å². The summed E-state index contributed by atoms with van der Waals surface area (Å²) in [6, 6.07) is 5.02. The Morgan fingerprint density at radius 3 is 2.62 bits per heavy atom. The summed E-state index contributed by atoms with van der Waals surface area (Å²) in [5.74, 6) is -1.03. The highest BCUT2D eigenvalue weighted by molar-refractivity contribution is 5.96. The van der Waals surface area contributed by atoms with Gasteiger partial charge in [-0.05, 0) is 43.9 Å². The van der Waals surface area contributed by atoms with Gasteiger partial charge in [-0.3, -0.25) is 4.79 Å². The molecule has 1 aromatic carbocycles. The average Bonchev–Trinajstić information content (AvgIpc) is 2.34. The van der Waals surface area contributed by atoms with Gasteiger partial charge in [-0.1, -0.05) is 12.1 Å². The minimum Gasteiger partial charge on any atom is -0.406 e. The van der Waals surface area contributed by atoms with Crippen LogP contribution in [0.4, 0.5) is 13.2 Å². The lowest BCUT2D eigenvalue weighted by Crippen LogP contribution is -2.57. The van der Waals surface area contributed by atoms with Crippen LogP contribution in [0.2, 0.25) is 0 Å². The molecule has 0 radical (unpaired) electrons. The lowest BCUT2D eigenvalue weighted by Gasteiger charge is -2.40. The van der Waals surface area contributed by atoms with Gasteiger partial charge in [-0.15, -0.1) is 13.2 Å². The standard InChI is InChI=1S/C14H16F3NO3/c1-12(20)6-3-7-13(18,11(12)19)9-4-2-5-10(8-9)21-14(15,16)17/h2,4-5,8,20H,3,6-7,18H2,1H3. The lowest BCUT2D eigenvalue weighted by molar-refractivity contribution is -0.274. The van der Waals surface area contributed by atoms with Gasteiger partial charge in [0.2, 0.25) is 0 Å². The van der Waals surface area contributed by atoms with Gasteiger partial charge < -0.3 is 15.6 Å². The molecule has 1 fully saturated rings. The molecular weight excluding hydrogens is 287 g/mol. The van der Waals surface area contributed by atoms with Crippen LogP contribution in [0.15, 0.2) is 24.3 Å². The van der Waals surface area contributed by atoms with Gasteiger partial charge in [0.15, 0.2) is 5.78 Å². The molecule has 1 aliphatic carbocycles. The first-order valence-electron chi connectivity index (χ1n) is 6.47. The summed E-state index contributed by atoms with van der Waals surface area (Å²) in [4.78, 5) is 12.3. The third kappa shape index (κ3) is 3.19. The lowest BCUT2D eigenvalue weighted by atomic mass is 9.70. The summed E-state index contributed by atoms with van der Waals surface area (Å²) in [5.41, 5.74) is 3.21. The SMILES string of the molecule is CC1(O)CCCC(N)(c2cccc(OC(F)(F)F)c2)C1=O. The Bertz CT molecular complexity index is 557. The van der Waals surface area contributed by atoms with E-state index in [-0.39, 0.29) is 18.4 Å². The summed E-state index contributed by atoms with van der Waals surface area (Å²) >= 11 is 0. The van der Waals surface area contributed by atoms with Gasteiger partial charge in [-0.2, -0.15) is 0 Å². The number of ketones is 1. The Balaban J connectivity index is 2.37. The van der Waals surface area contributed by atoms with Crippen molar-refractivity contribution >= 4 is 5.78 Å². The van der Waals surface area contributed by atoms with E-state index in [0.717, 1.165) is 12.1 Å². The van der Waals surface area contributed by atoms with Crippen LogP contribution < -0.4 is 10.5 Å². The van der Waals surface area contributed by atoms with Gasteiger partial charge in [0.1, 0.15) is 16.9 Å². The fourth-order valence-corrected chi connectivity index (χ4v) is 2.67. The number of halogens is 3. The summed E-state index contributed by atoms with van der Waals surface area (Å²) in [7, 11) is 0. The Hall–Kier alpha value is -1.60. The zero-order valence-corrected chi connectivity index (χ0v) is 11.4. The molecule has 0 bridgehead atoms. The summed E-state index contributed by atoms with van der Waals surface area (Å²) in [6.07, 6.45) is -3.77. The number of alkyl halides is 3. The number of benzene rings is 1. The fourth-order valence-electron chi connectivity index (χ4n) is 2.67. The summed E-state index contributed by atoms with van der Waals surface area (Å²) < 4.78 is 40.6. The highest BCUT2D eigenvalue weighted by atomic mass is 19.4. The molecule has 2 rings (SSSR count). The molecule has 0 aliphatic heterocycles. The van der Waals surface area contributed by atoms with Crippen LogP contribution in [-0.4, -0.2) is 22.9 Å². The number of aliphatic hydroxyl groups is 1. The van der Waals surface area contributed by atoms with Crippen LogP contribution in [0.1, 0.15) is 31.7 Å². The minimum atomic E-state index is -4.82. The number of nitrogens with two attached hydrogens (primary N) is 1. The summed E-state index contributed by atoms with van der Waals surface area (Å²) in [6.45, 7) is 1.37. The maximum Gasteiger partial charge on any atom is 0.573 e. The molecule has 2 unspecified atom stereocenters. The predicted molar refractivity (Wildman–Crippen MR) is 68.5 cm³/mol. The van der Waals surface area contributed by atoms with Crippen molar-refractivity contribution in [2.75, 3.05) is 0 Å². The molecule has 1 aromatic rings. The van der Waals surface area contributed by atoms with Crippen LogP contribution >= 0.6 is 0 Å². The zero-order chi connectivity index (χ0) is 15.9. The van der Waals surface area contributed by atoms with Crippen molar-refractivity contribution in [2.24, 2.45) is 5.73 Å². The Morgan fingerprint density at radius 1 is 1.33 bits per heavy atom. The Morgan fingerprint density at radius 2 is 2.00 bits per heavy atom. The molecule has 0 saturated heterocycles. The molecule has 2 atom stereocenters. The number of hydrogen-bond donors (Lipinski definition) is 2. The molecule has 7 heteroatoms. The minimum absolute atomic E-state index is 0.203. The number of hydrogen-bond acceptors (Lipinski definition) is 4. The molecule has 116 valence electrons. The molecule has 0 heterocycles. The van der Waals surface area contributed by atoms with Crippen molar-refractivity contribution in [1.82, 2.24) is 0 Å². The van der Waals surface area contributed by atoms with Crippen LogP contribution in [0.5, 0.6) is 5.75 Å². The second-order valence-electron chi connectivity index (χ2n) is 5.50. The van der Waals surface area contributed by atoms with Crippen molar-refractivity contribution in [3.05, 3.63) is 29.8 Å². The smallest absolute Gasteiger partial charge is 0.406 e. The number of Topliss-reactive ketones (excluding diaryl/α,β-unsaturated/α-hetero) is 1. The maximum atomic E-state index is 12.3. The van der Waals surface area contributed by atoms with Crippen molar-refractivity contribution < 1.29 is 27.8 Å². The second-order valence-corrected chi connectivity index (χ2v) is 5.50. The molecule has 1 aliphatic rings. The van der Waals surface area contributed by atoms with E-state index < -0.39 is 29.0 Å². The third-order valence-electron chi connectivity index (χ3n) is 3.71. The second kappa shape index (κ2) is 4.99. The van der Waals surface area contributed by atoms with E-state index in [1.165, 1.54) is 19.1 Å². The van der Waals surface area contributed by atoms with Crippen LogP contribution in [0, 0.1) is 0 Å². The molecular formula is C14H16F3NO3. The Labute approximate surface area is 119 Å². The van der Waals surface area contributed by atoms with E-state index in [1.54, 1.807) is 0 Å². The molecule has 0 amide bonds. The van der Waals surface area contributed by atoms with Gasteiger partial charge in [0.05, 0.1) is 0 Å². The molecule has 3 N–H and O–H groups in total. The van der Waals surface area contributed by atoms with Gasteiger partial charge in [0, 0.05) is 0 Å². The number of ether oxygens (including phenoxy) is 1. The van der Waals surface area contributed by atoms with Gasteiger partial charge in [-0.25, -0.2) is 0 Å². The van der Waals surface area contributed by atoms with Crippen molar-refractivity contribution in [2.45, 2.75) is 43.7 Å². The topological polar surface area (TPSA) is 72.6 Å². The van der Waals surface area contributed by atoms with Gasteiger partial charge in [0.25, 0.3) is 0 Å². The fraction of sp³-hybridized carbons (Fsp3) is 0.500. The monoisotopic (exact) mass is 303 g/mol. The first-order valence-corrected chi connectivity index (χ1v) is 6.47. The van der Waals surface area contributed by atoms with E-state index in [1.807, 2.05) is 0 Å². The normalized spacial score (nSPS) is 30.3. The van der Waals surface area contributed by atoms with E-state index in [2.05, 4.69) is 4.74 Å². The first kappa shape index (κ1) is 15.8. The first-order chi connectivity index (χ1) is 9.55. The average molecular weight is 303 g/mol. The Kier molecular flexibility index (Phi) is 3.75. The number of carbonyl (C=O) groups is 1. The number of carbonyl (C=O) groups excluding carboxylic acids is 1. The van der Waals surface area contributed by atoms with Crippen molar-refractivity contribution in [1.29, 1.82) is 0 Å². The van der Waals surface area contributed by atoms with E-state index >= 15 is 0 Å².